The highest BCUT2D eigenvalue weighted by atomic mass is 35.5. The van der Waals surface area contributed by atoms with Crippen molar-refractivity contribution in [3.63, 3.8) is 0 Å². The highest BCUT2D eigenvalue weighted by Crippen LogP contribution is 2.27. The van der Waals surface area contributed by atoms with E-state index < -0.39 is 0 Å². The number of nitrogens with zero attached hydrogens (tertiary/aromatic N) is 2. The number of fused-ring (bicyclic) bond motifs is 1. The maximum atomic E-state index is 12.1. The Hall–Kier alpha value is -3.18. The summed E-state index contributed by atoms with van der Waals surface area (Å²) in [5.41, 5.74) is 4.01. The van der Waals surface area contributed by atoms with Gasteiger partial charge in [0.05, 0.1) is 6.20 Å². The number of rotatable bonds is 3. The van der Waals surface area contributed by atoms with E-state index >= 15 is 0 Å². The molecular formula is C19H13ClN4O. The maximum Gasteiger partial charge on any atom is 0.275 e. The topological polar surface area (TPSA) is 70.7 Å². The molecule has 2 N–H and O–H groups in total. The Balaban J connectivity index is 1.56. The van der Waals surface area contributed by atoms with Gasteiger partial charge < -0.3 is 10.3 Å². The minimum atomic E-state index is -0.291. The molecule has 4 rings (SSSR count). The summed E-state index contributed by atoms with van der Waals surface area (Å²) >= 11 is 6.03. The van der Waals surface area contributed by atoms with Gasteiger partial charge in [0.15, 0.2) is 0 Å². The summed E-state index contributed by atoms with van der Waals surface area (Å²) in [4.78, 5) is 23.3. The van der Waals surface area contributed by atoms with Crippen molar-refractivity contribution >= 4 is 34.1 Å². The number of amides is 1. The molecule has 0 aliphatic carbocycles. The summed E-state index contributed by atoms with van der Waals surface area (Å²) < 4.78 is 0. The van der Waals surface area contributed by atoms with Crippen molar-refractivity contribution in [3.8, 4) is 11.3 Å². The Labute approximate surface area is 148 Å². The van der Waals surface area contributed by atoms with Gasteiger partial charge >= 0.3 is 0 Å². The zero-order valence-electron chi connectivity index (χ0n) is 13.0. The molecule has 0 saturated carbocycles. The first-order chi connectivity index (χ1) is 12.2. The van der Waals surface area contributed by atoms with Gasteiger partial charge in [0.1, 0.15) is 5.69 Å². The first-order valence-electron chi connectivity index (χ1n) is 7.65. The third-order valence-corrected chi connectivity index (χ3v) is 4.07. The smallest absolute Gasteiger partial charge is 0.275 e. The zero-order chi connectivity index (χ0) is 17.2. The van der Waals surface area contributed by atoms with Crippen molar-refractivity contribution in [2.24, 2.45) is 0 Å². The first-order valence-corrected chi connectivity index (χ1v) is 8.03. The van der Waals surface area contributed by atoms with Crippen LogP contribution in [-0.2, 0) is 0 Å². The largest absolute Gasteiger partial charge is 0.355 e. The molecule has 0 bridgehead atoms. The predicted molar refractivity (Wildman–Crippen MR) is 98.7 cm³/mol. The lowest BCUT2D eigenvalue weighted by Gasteiger charge is -2.05. The first kappa shape index (κ1) is 15.4. The number of benzene rings is 2. The summed E-state index contributed by atoms with van der Waals surface area (Å²) in [7, 11) is 0. The van der Waals surface area contributed by atoms with Gasteiger partial charge in [-0.1, -0.05) is 23.7 Å². The molecule has 0 saturated heterocycles. The molecule has 0 spiro atoms. The van der Waals surface area contributed by atoms with Gasteiger partial charge in [-0.05, 0) is 42.0 Å². The van der Waals surface area contributed by atoms with Gasteiger partial charge in [-0.25, -0.2) is 4.98 Å². The number of hydrogen-bond donors (Lipinski definition) is 2. The molecule has 2 aromatic carbocycles. The Morgan fingerprint density at radius 1 is 1.04 bits per heavy atom. The van der Waals surface area contributed by atoms with Gasteiger partial charge in [-0.2, -0.15) is 0 Å². The average molecular weight is 349 g/mol. The number of hydrogen-bond acceptors (Lipinski definition) is 3. The maximum absolute atomic E-state index is 12.1. The monoisotopic (exact) mass is 348 g/mol. The van der Waals surface area contributed by atoms with Crippen LogP contribution in [-0.4, -0.2) is 20.9 Å². The predicted octanol–water partition coefficient (Wildman–Crippen LogP) is 4.53. The molecule has 0 unspecified atom stereocenters. The Morgan fingerprint density at radius 3 is 2.64 bits per heavy atom. The molecule has 0 aliphatic heterocycles. The fraction of sp³-hybridized carbons (Fsp3) is 0. The second kappa shape index (κ2) is 6.37. The van der Waals surface area contributed by atoms with Gasteiger partial charge in [-0.3, -0.25) is 9.78 Å². The molecular weight excluding hydrogens is 336 g/mol. The molecule has 4 aromatic rings. The van der Waals surface area contributed by atoms with Crippen LogP contribution in [0.1, 0.15) is 10.5 Å². The van der Waals surface area contributed by atoms with Crippen molar-refractivity contribution in [2.45, 2.75) is 0 Å². The number of carbonyl (C=O) groups is 1. The van der Waals surface area contributed by atoms with E-state index in [9.17, 15) is 4.79 Å². The molecule has 25 heavy (non-hydrogen) atoms. The summed E-state index contributed by atoms with van der Waals surface area (Å²) in [6.07, 6.45) is 4.44. The number of aromatic amines is 1. The lowest BCUT2D eigenvalue weighted by molar-refractivity contribution is 0.102. The SMILES string of the molecule is O=C(Nc1ccc(-c2cc3cc(Cl)ccc3[nH]2)cc1)c1cnccn1. The van der Waals surface area contributed by atoms with Crippen LogP contribution < -0.4 is 5.32 Å². The minimum Gasteiger partial charge on any atom is -0.355 e. The van der Waals surface area contributed by atoms with E-state index in [0.29, 0.717) is 10.7 Å². The van der Waals surface area contributed by atoms with Gasteiger partial charge in [0, 0.05) is 39.7 Å². The standard InChI is InChI=1S/C19H13ClN4O/c20-14-3-6-16-13(9-14)10-17(24-16)12-1-4-15(5-2-12)23-19(25)18-11-21-7-8-22-18/h1-11,24H,(H,23,25). The second-order valence-corrected chi connectivity index (χ2v) is 5.97. The van der Waals surface area contributed by atoms with Crippen LogP contribution in [0.5, 0.6) is 0 Å². The number of aromatic nitrogens is 3. The Morgan fingerprint density at radius 2 is 1.88 bits per heavy atom. The lowest BCUT2D eigenvalue weighted by Crippen LogP contribution is -2.13. The van der Waals surface area contributed by atoms with Crippen molar-refractivity contribution < 1.29 is 4.79 Å². The summed E-state index contributed by atoms with van der Waals surface area (Å²) in [5, 5.41) is 4.57. The van der Waals surface area contributed by atoms with E-state index in [-0.39, 0.29) is 11.6 Å². The van der Waals surface area contributed by atoms with Crippen LogP contribution in [0.3, 0.4) is 0 Å². The number of halogens is 1. The summed E-state index contributed by atoms with van der Waals surface area (Å²) in [6, 6.07) is 15.4. The van der Waals surface area contributed by atoms with Crippen LogP contribution in [0.2, 0.25) is 5.02 Å². The van der Waals surface area contributed by atoms with E-state index in [2.05, 4.69) is 20.3 Å². The van der Waals surface area contributed by atoms with Crippen molar-refractivity contribution in [1.29, 1.82) is 0 Å². The summed E-state index contributed by atoms with van der Waals surface area (Å²) in [6.45, 7) is 0. The highest BCUT2D eigenvalue weighted by Gasteiger charge is 2.08. The van der Waals surface area contributed by atoms with Crippen LogP contribution >= 0.6 is 11.6 Å². The molecule has 0 aliphatic rings. The van der Waals surface area contributed by atoms with E-state index in [0.717, 1.165) is 22.2 Å². The minimum absolute atomic E-state index is 0.277. The van der Waals surface area contributed by atoms with Crippen molar-refractivity contribution in [3.05, 3.63) is 77.8 Å². The van der Waals surface area contributed by atoms with Crippen molar-refractivity contribution in [2.75, 3.05) is 5.32 Å². The second-order valence-electron chi connectivity index (χ2n) is 5.54. The molecule has 0 radical (unpaired) electrons. The van der Waals surface area contributed by atoms with E-state index in [4.69, 9.17) is 11.6 Å². The third kappa shape index (κ3) is 3.22. The fourth-order valence-corrected chi connectivity index (χ4v) is 2.78. The molecule has 1 amide bonds. The number of carbonyl (C=O) groups excluding carboxylic acids is 1. The average Bonchev–Trinajstić information content (AvgIpc) is 3.06. The highest BCUT2D eigenvalue weighted by molar-refractivity contribution is 6.31. The molecule has 2 heterocycles. The summed E-state index contributed by atoms with van der Waals surface area (Å²) in [5.74, 6) is -0.291. The number of H-pyrrole nitrogens is 1. The molecule has 0 fully saturated rings. The number of nitrogens with one attached hydrogen (secondary N) is 2. The Kier molecular flexibility index (Phi) is 3.91. The fourth-order valence-electron chi connectivity index (χ4n) is 2.60. The molecule has 2 aromatic heterocycles. The van der Waals surface area contributed by atoms with Gasteiger partial charge in [0.2, 0.25) is 0 Å². The molecule has 0 atom stereocenters. The van der Waals surface area contributed by atoms with Crippen molar-refractivity contribution in [1.82, 2.24) is 15.0 Å². The van der Waals surface area contributed by atoms with E-state index in [1.54, 1.807) is 0 Å². The van der Waals surface area contributed by atoms with E-state index in [1.807, 2.05) is 48.5 Å². The molecule has 5 nitrogen and oxygen atoms in total. The normalized spacial score (nSPS) is 10.8. The van der Waals surface area contributed by atoms with Crippen LogP contribution in [0.4, 0.5) is 5.69 Å². The van der Waals surface area contributed by atoms with Gasteiger partial charge in [0.25, 0.3) is 5.91 Å². The zero-order valence-corrected chi connectivity index (χ0v) is 13.8. The lowest BCUT2D eigenvalue weighted by atomic mass is 10.1. The molecule has 6 heteroatoms. The van der Waals surface area contributed by atoms with Crippen LogP contribution in [0, 0.1) is 0 Å². The van der Waals surface area contributed by atoms with Crippen LogP contribution in [0.25, 0.3) is 22.2 Å². The van der Waals surface area contributed by atoms with Crippen LogP contribution in [0.15, 0.2) is 67.1 Å². The van der Waals surface area contributed by atoms with E-state index in [1.165, 1.54) is 18.6 Å². The van der Waals surface area contributed by atoms with Gasteiger partial charge in [-0.15, -0.1) is 0 Å². The third-order valence-electron chi connectivity index (χ3n) is 3.83. The molecule has 122 valence electrons. The number of anilines is 1. The quantitative estimate of drug-likeness (QED) is 0.571. The Bertz CT molecular complexity index is 1040.